The molecule has 1 aliphatic heterocycles. The molecule has 4 rings (SSSR count). The van der Waals surface area contributed by atoms with Crippen molar-refractivity contribution < 1.29 is 16.8 Å². The van der Waals surface area contributed by atoms with Gasteiger partial charge in [0.15, 0.2) is 0 Å². The van der Waals surface area contributed by atoms with Gasteiger partial charge in [-0.25, -0.2) is 16.8 Å². The second-order valence-electron chi connectivity index (χ2n) is 7.66. The van der Waals surface area contributed by atoms with E-state index in [4.69, 9.17) is 0 Å². The van der Waals surface area contributed by atoms with Crippen molar-refractivity contribution in [3.05, 3.63) is 53.6 Å². The molecule has 0 bridgehead atoms. The van der Waals surface area contributed by atoms with Gasteiger partial charge in [-0.15, -0.1) is 0 Å². The van der Waals surface area contributed by atoms with Gasteiger partial charge in [-0.1, -0.05) is 18.6 Å². The first-order valence-corrected chi connectivity index (χ1v) is 13.1. The number of aliphatic imine (C=N–C) groups is 1. The summed E-state index contributed by atoms with van der Waals surface area (Å²) in [5, 5.41) is 0. The molecule has 0 amide bonds. The summed E-state index contributed by atoms with van der Waals surface area (Å²) < 4.78 is 56.2. The molecule has 0 saturated heterocycles. The molecule has 30 heavy (non-hydrogen) atoms. The predicted octanol–water partition coefficient (Wildman–Crippen LogP) is 3.23. The number of hydrogen-bond acceptors (Lipinski definition) is 5. The highest BCUT2D eigenvalue weighted by molar-refractivity contribution is 7.92. The fraction of sp³-hybridized carbons (Fsp3) is 0.381. The molecule has 9 heteroatoms. The zero-order chi connectivity index (χ0) is 21.2. The average Bonchev–Trinajstić information content (AvgIpc) is 3.04. The quantitative estimate of drug-likeness (QED) is 0.734. The Morgan fingerprint density at radius 1 is 0.700 bits per heavy atom. The first-order valence-electron chi connectivity index (χ1n) is 10.1. The van der Waals surface area contributed by atoms with Crippen LogP contribution in [0.3, 0.4) is 0 Å². The van der Waals surface area contributed by atoms with Crippen LogP contribution in [0.15, 0.2) is 57.2 Å². The minimum absolute atomic E-state index is 0.0106. The summed E-state index contributed by atoms with van der Waals surface area (Å²) in [4.78, 5) is 4.47. The van der Waals surface area contributed by atoms with Crippen LogP contribution in [0.4, 0.5) is 5.69 Å². The van der Waals surface area contributed by atoms with Crippen LogP contribution in [0.1, 0.15) is 43.2 Å². The van der Waals surface area contributed by atoms with Crippen LogP contribution < -0.4 is 9.44 Å². The molecule has 2 N–H and O–H groups in total. The van der Waals surface area contributed by atoms with Crippen LogP contribution in [0.5, 0.6) is 0 Å². The monoisotopic (exact) mass is 447 g/mol. The lowest BCUT2D eigenvalue weighted by Gasteiger charge is -2.12. The fourth-order valence-corrected chi connectivity index (χ4v) is 6.06. The van der Waals surface area contributed by atoms with Gasteiger partial charge in [0, 0.05) is 13.0 Å². The molecule has 0 radical (unpaired) electrons. The van der Waals surface area contributed by atoms with E-state index in [-0.39, 0.29) is 15.5 Å². The molecule has 2 aromatic rings. The minimum atomic E-state index is -3.84. The Morgan fingerprint density at radius 3 is 2.33 bits per heavy atom. The average molecular weight is 448 g/mol. The van der Waals surface area contributed by atoms with Gasteiger partial charge < -0.3 is 0 Å². The lowest BCUT2D eigenvalue weighted by molar-refractivity contribution is 0.591. The van der Waals surface area contributed by atoms with Crippen molar-refractivity contribution >= 4 is 31.6 Å². The van der Waals surface area contributed by atoms with E-state index in [0.29, 0.717) is 18.8 Å². The molecular weight excluding hydrogens is 422 g/mol. The third-order valence-electron chi connectivity index (χ3n) is 5.40. The van der Waals surface area contributed by atoms with Gasteiger partial charge in [0.05, 0.1) is 15.5 Å². The lowest BCUT2D eigenvalue weighted by Crippen LogP contribution is -2.30. The predicted molar refractivity (Wildman–Crippen MR) is 117 cm³/mol. The summed E-state index contributed by atoms with van der Waals surface area (Å²) in [7, 11) is -7.66. The van der Waals surface area contributed by atoms with Gasteiger partial charge >= 0.3 is 0 Å². The summed E-state index contributed by atoms with van der Waals surface area (Å²) in [5.74, 6) is 0.455. The molecule has 0 spiro atoms. The van der Waals surface area contributed by atoms with Crippen molar-refractivity contribution in [3.63, 3.8) is 0 Å². The largest absolute Gasteiger partial charge is 0.280 e. The Kier molecular flexibility index (Phi) is 5.84. The smallest absolute Gasteiger partial charge is 0.262 e. The van der Waals surface area contributed by atoms with E-state index in [0.717, 1.165) is 44.1 Å². The van der Waals surface area contributed by atoms with E-state index < -0.39 is 20.0 Å². The summed E-state index contributed by atoms with van der Waals surface area (Å²) in [5.41, 5.74) is 2.44. The second kappa shape index (κ2) is 8.39. The molecule has 2 aromatic carbocycles. The number of sulfonamides is 2. The Morgan fingerprint density at radius 2 is 1.47 bits per heavy atom. The van der Waals surface area contributed by atoms with Crippen molar-refractivity contribution in [2.45, 2.75) is 54.7 Å². The maximum atomic E-state index is 12.8. The zero-order valence-corrected chi connectivity index (χ0v) is 18.2. The topological polar surface area (TPSA) is 105 Å². The van der Waals surface area contributed by atoms with Crippen LogP contribution in [0, 0.1) is 0 Å². The summed E-state index contributed by atoms with van der Waals surface area (Å²) in [6, 6.07) is 11.0. The van der Waals surface area contributed by atoms with E-state index >= 15 is 0 Å². The molecule has 160 valence electrons. The first-order chi connectivity index (χ1) is 14.3. The Hall–Kier alpha value is -2.39. The molecule has 0 atom stereocenters. The number of hydrogen-bond donors (Lipinski definition) is 2. The van der Waals surface area contributed by atoms with Gasteiger partial charge in [0.1, 0.15) is 5.84 Å². The molecule has 1 aliphatic carbocycles. The zero-order valence-electron chi connectivity index (χ0n) is 16.6. The molecule has 1 heterocycles. The number of fused-ring (bicyclic) bond motifs is 1. The van der Waals surface area contributed by atoms with E-state index in [1.165, 1.54) is 29.8 Å². The van der Waals surface area contributed by atoms with E-state index in [2.05, 4.69) is 14.4 Å². The van der Waals surface area contributed by atoms with Crippen LogP contribution in [-0.4, -0.2) is 29.2 Å². The number of nitrogens with one attached hydrogen (secondary N) is 2. The van der Waals surface area contributed by atoms with Crippen molar-refractivity contribution in [2.24, 2.45) is 4.99 Å². The molecule has 0 aromatic heterocycles. The molecule has 0 fully saturated rings. The number of anilines is 1. The van der Waals surface area contributed by atoms with Gasteiger partial charge in [-0.05, 0) is 73.6 Å². The number of aryl methyl sites for hydroxylation is 2. The van der Waals surface area contributed by atoms with E-state index in [1.54, 1.807) is 12.1 Å². The van der Waals surface area contributed by atoms with Gasteiger partial charge in [0.2, 0.25) is 0 Å². The standard InChI is InChI=1S/C21H25N3O4S2/c25-29(26,20-12-11-16-6-4-7-17(16)14-20)23-18-8-5-9-19(15-18)30(27,28)24-21-10-2-1-3-13-22-21/h5,8-9,11-12,14-15,23H,1-4,6-7,10,13H2,(H,22,24). The highest BCUT2D eigenvalue weighted by Crippen LogP contribution is 2.26. The molecule has 7 nitrogen and oxygen atoms in total. The number of amidine groups is 1. The minimum Gasteiger partial charge on any atom is -0.280 e. The number of benzene rings is 2. The first kappa shape index (κ1) is 20.9. The van der Waals surface area contributed by atoms with Crippen molar-refractivity contribution in [1.82, 2.24) is 4.72 Å². The van der Waals surface area contributed by atoms with Crippen LogP contribution >= 0.6 is 0 Å². The van der Waals surface area contributed by atoms with Crippen molar-refractivity contribution in [3.8, 4) is 0 Å². The maximum absolute atomic E-state index is 12.8. The summed E-state index contributed by atoms with van der Waals surface area (Å²) in [6.45, 7) is 0.610. The maximum Gasteiger partial charge on any atom is 0.262 e. The van der Waals surface area contributed by atoms with Crippen molar-refractivity contribution in [2.75, 3.05) is 11.3 Å². The third kappa shape index (κ3) is 4.67. The van der Waals surface area contributed by atoms with E-state index in [1.807, 2.05) is 6.07 Å². The van der Waals surface area contributed by atoms with Crippen LogP contribution in [0.2, 0.25) is 0 Å². The normalized spacial score (nSPS) is 17.0. The third-order valence-corrected chi connectivity index (χ3v) is 8.16. The number of rotatable bonds is 5. The summed E-state index contributed by atoms with van der Waals surface area (Å²) >= 11 is 0. The Bertz CT molecular complexity index is 1190. The molecule has 2 aliphatic rings. The van der Waals surface area contributed by atoms with Gasteiger partial charge in [-0.2, -0.15) is 0 Å². The lowest BCUT2D eigenvalue weighted by atomic mass is 10.1. The van der Waals surface area contributed by atoms with Crippen molar-refractivity contribution in [1.29, 1.82) is 0 Å². The summed E-state index contributed by atoms with van der Waals surface area (Å²) in [6.07, 6.45) is 6.33. The SMILES string of the molecule is O=S(=O)(NC1=NCCCCC1)c1cccc(NS(=O)(=O)c2ccc3c(c2)CCC3)c1. The molecule has 0 saturated carbocycles. The fourth-order valence-electron chi connectivity index (χ4n) is 3.83. The van der Waals surface area contributed by atoms with Gasteiger partial charge in [0.25, 0.3) is 20.0 Å². The Labute approximate surface area is 177 Å². The highest BCUT2D eigenvalue weighted by Gasteiger charge is 2.21. The highest BCUT2D eigenvalue weighted by atomic mass is 32.2. The second-order valence-corrected chi connectivity index (χ2v) is 11.0. The van der Waals surface area contributed by atoms with Crippen LogP contribution in [-0.2, 0) is 32.9 Å². The number of nitrogens with zero attached hydrogens (tertiary/aromatic N) is 1. The van der Waals surface area contributed by atoms with Crippen LogP contribution in [0.25, 0.3) is 0 Å². The van der Waals surface area contributed by atoms with E-state index in [9.17, 15) is 16.8 Å². The molecular formula is C21H25N3O4S2. The molecule has 0 unspecified atom stereocenters. The van der Waals surface area contributed by atoms with Gasteiger partial charge in [-0.3, -0.25) is 14.4 Å². The Balaban J connectivity index is 1.55.